The zero-order chi connectivity index (χ0) is 12.0. The van der Waals surface area contributed by atoms with Gasteiger partial charge in [0.1, 0.15) is 6.04 Å². The van der Waals surface area contributed by atoms with Crippen molar-refractivity contribution in [1.29, 1.82) is 0 Å². The predicted molar refractivity (Wildman–Crippen MR) is 58.4 cm³/mol. The summed E-state index contributed by atoms with van der Waals surface area (Å²) in [7, 11) is 0. The molecule has 0 spiro atoms. The first-order chi connectivity index (χ1) is 7.65. The fourth-order valence-corrected chi connectivity index (χ4v) is 1.53. The van der Waals surface area contributed by atoms with Crippen molar-refractivity contribution in [3.63, 3.8) is 0 Å². The van der Waals surface area contributed by atoms with Gasteiger partial charge in [-0.05, 0) is 18.4 Å². The van der Waals surface area contributed by atoms with E-state index >= 15 is 0 Å². The summed E-state index contributed by atoms with van der Waals surface area (Å²) in [5, 5.41) is 14.6. The zero-order valence-electron chi connectivity index (χ0n) is 8.67. The maximum atomic E-state index is 11.5. The number of carbonyl (C=O) groups is 2. The van der Waals surface area contributed by atoms with Gasteiger partial charge < -0.3 is 14.9 Å². The molecule has 0 aromatic carbocycles. The van der Waals surface area contributed by atoms with Crippen molar-refractivity contribution in [1.82, 2.24) is 10.5 Å². The molecule has 0 radical (unpaired) electrons. The van der Waals surface area contributed by atoms with Crippen LogP contribution in [0.4, 0.5) is 0 Å². The van der Waals surface area contributed by atoms with Gasteiger partial charge in [0.2, 0.25) is 5.76 Å². The van der Waals surface area contributed by atoms with Crippen molar-refractivity contribution in [2.24, 2.45) is 0 Å². The number of aromatic nitrogens is 1. The number of hydrogen-bond donors (Lipinski definition) is 2. The molecule has 0 saturated heterocycles. The van der Waals surface area contributed by atoms with E-state index < -0.39 is 17.9 Å². The van der Waals surface area contributed by atoms with E-state index in [1.54, 1.807) is 0 Å². The van der Waals surface area contributed by atoms with Gasteiger partial charge in [0.25, 0.3) is 5.91 Å². The summed E-state index contributed by atoms with van der Waals surface area (Å²) in [6.45, 7) is 0. The number of thioether (sulfide) groups is 1. The van der Waals surface area contributed by atoms with Crippen LogP contribution in [0.1, 0.15) is 17.0 Å². The molecule has 0 aliphatic carbocycles. The Labute approximate surface area is 96.4 Å². The molecular weight excluding hydrogens is 232 g/mol. The Kier molecular flexibility index (Phi) is 4.84. The average molecular weight is 244 g/mol. The van der Waals surface area contributed by atoms with Crippen LogP contribution >= 0.6 is 11.8 Å². The zero-order valence-corrected chi connectivity index (χ0v) is 9.49. The third-order valence-electron chi connectivity index (χ3n) is 1.88. The van der Waals surface area contributed by atoms with E-state index in [0.717, 1.165) is 0 Å². The molecule has 0 bridgehead atoms. The number of rotatable bonds is 6. The summed E-state index contributed by atoms with van der Waals surface area (Å²) >= 11 is 1.52. The number of aliphatic carboxylic acids is 1. The summed E-state index contributed by atoms with van der Waals surface area (Å²) in [4.78, 5) is 22.3. The quantitative estimate of drug-likeness (QED) is 0.761. The van der Waals surface area contributed by atoms with Crippen LogP contribution in [-0.2, 0) is 4.79 Å². The first-order valence-electron chi connectivity index (χ1n) is 4.58. The lowest BCUT2D eigenvalue weighted by molar-refractivity contribution is -0.139. The fourth-order valence-electron chi connectivity index (χ4n) is 1.06. The van der Waals surface area contributed by atoms with Gasteiger partial charge in [0.15, 0.2) is 0 Å². The highest BCUT2D eigenvalue weighted by atomic mass is 32.2. The lowest BCUT2D eigenvalue weighted by Crippen LogP contribution is -2.41. The molecule has 1 atom stereocenters. The molecule has 88 valence electrons. The maximum absolute atomic E-state index is 11.5. The molecule has 1 heterocycles. The number of nitrogens with one attached hydrogen (secondary N) is 1. The normalized spacial score (nSPS) is 12.1. The highest BCUT2D eigenvalue weighted by molar-refractivity contribution is 7.98. The molecule has 6 nitrogen and oxygen atoms in total. The van der Waals surface area contributed by atoms with E-state index in [9.17, 15) is 9.59 Å². The smallest absolute Gasteiger partial charge is 0.326 e. The molecule has 0 saturated carbocycles. The number of carbonyl (C=O) groups excluding carboxylic acids is 1. The molecule has 16 heavy (non-hydrogen) atoms. The summed E-state index contributed by atoms with van der Waals surface area (Å²) in [6.07, 6.45) is 3.57. The van der Waals surface area contributed by atoms with Gasteiger partial charge in [-0.25, -0.2) is 4.79 Å². The number of carboxylic acid groups (broad SMARTS) is 1. The number of hydrogen-bond acceptors (Lipinski definition) is 5. The van der Waals surface area contributed by atoms with Crippen molar-refractivity contribution < 1.29 is 19.2 Å². The third-order valence-corrected chi connectivity index (χ3v) is 2.52. The predicted octanol–water partition coefficient (Wildman–Crippen LogP) is 0.611. The highest BCUT2D eigenvalue weighted by Crippen LogP contribution is 2.03. The van der Waals surface area contributed by atoms with Crippen LogP contribution in [0.5, 0.6) is 0 Å². The maximum Gasteiger partial charge on any atom is 0.326 e. The molecule has 0 unspecified atom stereocenters. The minimum absolute atomic E-state index is 0.00963. The molecule has 7 heteroatoms. The first kappa shape index (κ1) is 12.6. The van der Waals surface area contributed by atoms with E-state index in [-0.39, 0.29) is 5.76 Å². The molecule has 1 aromatic heterocycles. The van der Waals surface area contributed by atoms with Crippen LogP contribution in [0, 0.1) is 0 Å². The highest BCUT2D eigenvalue weighted by Gasteiger charge is 2.21. The van der Waals surface area contributed by atoms with Crippen molar-refractivity contribution in [3.8, 4) is 0 Å². The van der Waals surface area contributed by atoms with Crippen molar-refractivity contribution >= 4 is 23.6 Å². The first-order valence-corrected chi connectivity index (χ1v) is 5.98. The summed E-state index contributed by atoms with van der Waals surface area (Å²) in [5.41, 5.74) is 0. The standard InChI is InChI=1S/C9H12N2O4S/c1-16-5-3-6(9(13)14)11-8(12)7-2-4-10-15-7/h2,4,6H,3,5H2,1H3,(H,11,12)(H,13,14)/t6-/m0/s1. The summed E-state index contributed by atoms with van der Waals surface area (Å²) in [5.74, 6) is -0.948. The van der Waals surface area contributed by atoms with Crippen LogP contribution in [0.3, 0.4) is 0 Å². The summed E-state index contributed by atoms with van der Waals surface area (Å²) < 4.78 is 4.62. The molecule has 1 aromatic rings. The van der Waals surface area contributed by atoms with E-state index in [0.29, 0.717) is 12.2 Å². The Morgan fingerprint density at radius 3 is 2.94 bits per heavy atom. The number of amides is 1. The Bertz CT molecular complexity index is 352. The topological polar surface area (TPSA) is 92.4 Å². The fraction of sp³-hybridized carbons (Fsp3) is 0.444. The van der Waals surface area contributed by atoms with E-state index in [1.807, 2.05) is 6.26 Å². The van der Waals surface area contributed by atoms with Crippen LogP contribution < -0.4 is 5.32 Å². The molecular formula is C9H12N2O4S. The van der Waals surface area contributed by atoms with Gasteiger partial charge in [0.05, 0.1) is 6.20 Å². The van der Waals surface area contributed by atoms with Gasteiger partial charge in [-0.2, -0.15) is 11.8 Å². The molecule has 1 rings (SSSR count). The van der Waals surface area contributed by atoms with Crippen molar-refractivity contribution in [2.45, 2.75) is 12.5 Å². The van der Waals surface area contributed by atoms with Crippen LogP contribution in [0.2, 0.25) is 0 Å². The van der Waals surface area contributed by atoms with Gasteiger partial charge >= 0.3 is 5.97 Å². The largest absolute Gasteiger partial charge is 0.480 e. The van der Waals surface area contributed by atoms with Gasteiger partial charge in [-0.3, -0.25) is 4.79 Å². The Morgan fingerprint density at radius 2 is 2.44 bits per heavy atom. The minimum Gasteiger partial charge on any atom is -0.480 e. The second-order valence-corrected chi connectivity index (χ2v) is 4.01. The Hall–Kier alpha value is -1.50. The molecule has 1 amide bonds. The summed E-state index contributed by atoms with van der Waals surface area (Å²) in [6, 6.07) is 0.480. The second-order valence-electron chi connectivity index (χ2n) is 3.02. The molecule has 2 N–H and O–H groups in total. The SMILES string of the molecule is CSCC[C@H](NC(=O)c1ccno1)C(=O)O. The van der Waals surface area contributed by atoms with E-state index in [2.05, 4.69) is 15.0 Å². The lowest BCUT2D eigenvalue weighted by Gasteiger charge is -2.12. The minimum atomic E-state index is -1.05. The van der Waals surface area contributed by atoms with Crippen LogP contribution in [0.25, 0.3) is 0 Å². The van der Waals surface area contributed by atoms with Crippen LogP contribution in [0.15, 0.2) is 16.8 Å². The van der Waals surface area contributed by atoms with Gasteiger partial charge in [-0.15, -0.1) is 0 Å². The van der Waals surface area contributed by atoms with Crippen molar-refractivity contribution in [2.75, 3.05) is 12.0 Å². The van der Waals surface area contributed by atoms with Gasteiger partial charge in [-0.1, -0.05) is 5.16 Å². The van der Waals surface area contributed by atoms with Crippen LogP contribution in [-0.4, -0.2) is 40.2 Å². The monoisotopic (exact) mass is 244 g/mol. The Balaban J connectivity index is 2.54. The number of carboxylic acids is 1. The number of nitrogens with zero attached hydrogens (tertiary/aromatic N) is 1. The van der Waals surface area contributed by atoms with E-state index in [1.165, 1.54) is 24.0 Å². The molecule has 0 aliphatic heterocycles. The van der Waals surface area contributed by atoms with E-state index in [4.69, 9.17) is 5.11 Å². The average Bonchev–Trinajstić information content (AvgIpc) is 2.76. The molecule has 0 fully saturated rings. The lowest BCUT2D eigenvalue weighted by atomic mass is 10.2. The Morgan fingerprint density at radius 1 is 1.69 bits per heavy atom. The second kappa shape index (κ2) is 6.16. The van der Waals surface area contributed by atoms with Gasteiger partial charge in [0, 0.05) is 6.07 Å². The third kappa shape index (κ3) is 3.58. The van der Waals surface area contributed by atoms with Crippen molar-refractivity contribution in [3.05, 3.63) is 18.0 Å². The molecule has 0 aliphatic rings.